The van der Waals surface area contributed by atoms with E-state index in [-0.39, 0.29) is 5.97 Å². The van der Waals surface area contributed by atoms with Crippen molar-refractivity contribution < 1.29 is 9.53 Å². The van der Waals surface area contributed by atoms with Crippen LogP contribution < -0.4 is 5.73 Å². The predicted octanol–water partition coefficient (Wildman–Crippen LogP) is 1.25. The molecule has 0 radical (unpaired) electrons. The van der Waals surface area contributed by atoms with E-state index < -0.39 is 5.54 Å². The minimum Gasteiger partial charge on any atom is -0.465 e. The third-order valence-corrected chi connectivity index (χ3v) is 2.59. The lowest BCUT2D eigenvalue weighted by molar-refractivity contribution is -0.149. The summed E-state index contributed by atoms with van der Waals surface area (Å²) in [7, 11) is 0. The van der Waals surface area contributed by atoms with Crippen LogP contribution in [-0.2, 0) is 16.1 Å². The van der Waals surface area contributed by atoms with Crippen LogP contribution in [0.5, 0.6) is 0 Å². The molecule has 1 rings (SSSR count). The Morgan fingerprint density at radius 3 is 2.88 bits per heavy atom. The van der Waals surface area contributed by atoms with Gasteiger partial charge in [-0.3, -0.25) is 9.48 Å². The minimum atomic E-state index is -0.905. The highest BCUT2D eigenvalue weighted by molar-refractivity contribution is 5.79. The van der Waals surface area contributed by atoms with E-state index in [1.807, 2.05) is 24.0 Å². The van der Waals surface area contributed by atoms with E-state index in [2.05, 4.69) is 5.10 Å². The average molecular weight is 239 g/mol. The first-order valence-corrected chi connectivity index (χ1v) is 5.91. The molecule has 0 saturated heterocycles. The maximum absolute atomic E-state index is 11.5. The molecular formula is C12H21N3O2. The van der Waals surface area contributed by atoms with Gasteiger partial charge in [0.25, 0.3) is 0 Å². The Labute approximate surface area is 102 Å². The number of rotatable bonds is 6. The average Bonchev–Trinajstić information content (AvgIpc) is 2.64. The summed E-state index contributed by atoms with van der Waals surface area (Å²) in [6, 6.07) is 0. The van der Waals surface area contributed by atoms with Crippen molar-refractivity contribution in [1.82, 2.24) is 9.78 Å². The van der Waals surface area contributed by atoms with Crippen molar-refractivity contribution in [3.8, 4) is 0 Å². The first-order chi connectivity index (χ1) is 7.95. The van der Waals surface area contributed by atoms with E-state index in [4.69, 9.17) is 10.5 Å². The first-order valence-electron chi connectivity index (χ1n) is 5.91. The van der Waals surface area contributed by atoms with E-state index in [1.54, 1.807) is 13.8 Å². The first kappa shape index (κ1) is 13.7. The van der Waals surface area contributed by atoms with Crippen LogP contribution >= 0.6 is 0 Å². The van der Waals surface area contributed by atoms with Crippen LogP contribution in [0.15, 0.2) is 12.4 Å². The van der Waals surface area contributed by atoms with E-state index in [0.717, 1.165) is 18.5 Å². The number of carbonyl (C=O) groups is 1. The molecule has 0 fully saturated rings. The van der Waals surface area contributed by atoms with Crippen LogP contribution in [0.4, 0.5) is 0 Å². The fraction of sp³-hybridized carbons (Fsp3) is 0.667. The highest BCUT2D eigenvalue weighted by Gasteiger charge is 2.29. The zero-order valence-corrected chi connectivity index (χ0v) is 10.8. The van der Waals surface area contributed by atoms with Crippen LogP contribution in [-0.4, -0.2) is 27.9 Å². The summed E-state index contributed by atoms with van der Waals surface area (Å²) in [5.74, 6) is -0.336. The van der Waals surface area contributed by atoms with Crippen molar-refractivity contribution in [3.63, 3.8) is 0 Å². The standard InChI is InChI=1S/C12H21N3O2/c1-4-17-11(16)12(3,13)6-5-7-15-9-10(2)8-14-15/h8-9H,4-7,13H2,1-3H3. The van der Waals surface area contributed by atoms with Crippen LogP contribution in [0, 0.1) is 6.92 Å². The van der Waals surface area contributed by atoms with Crippen molar-refractivity contribution in [2.75, 3.05) is 6.61 Å². The molecule has 1 aromatic rings. The smallest absolute Gasteiger partial charge is 0.325 e. The van der Waals surface area contributed by atoms with Gasteiger partial charge in [-0.1, -0.05) is 0 Å². The summed E-state index contributed by atoms with van der Waals surface area (Å²) in [6.45, 7) is 6.61. The van der Waals surface area contributed by atoms with Gasteiger partial charge in [0.15, 0.2) is 0 Å². The molecule has 0 spiro atoms. The van der Waals surface area contributed by atoms with Gasteiger partial charge in [0.1, 0.15) is 5.54 Å². The molecule has 2 N–H and O–H groups in total. The molecule has 0 amide bonds. The molecule has 1 atom stereocenters. The molecule has 0 bridgehead atoms. The monoisotopic (exact) mass is 239 g/mol. The van der Waals surface area contributed by atoms with Gasteiger partial charge in [-0.25, -0.2) is 0 Å². The Hall–Kier alpha value is -1.36. The van der Waals surface area contributed by atoms with Crippen molar-refractivity contribution in [3.05, 3.63) is 18.0 Å². The van der Waals surface area contributed by atoms with Crippen LogP contribution in [0.3, 0.4) is 0 Å². The molecule has 0 aliphatic rings. The lowest BCUT2D eigenvalue weighted by Gasteiger charge is -2.21. The summed E-state index contributed by atoms with van der Waals surface area (Å²) in [4.78, 5) is 11.5. The zero-order valence-electron chi connectivity index (χ0n) is 10.8. The normalized spacial score (nSPS) is 14.4. The number of nitrogens with zero attached hydrogens (tertiary/aromatic N) is 2. The van der Waals surface area contributed by atoms with E-state index in [1.165, 1.54) is 0 Å². The highest BCUT2D eigenvalue weighted by Crippen LogP contribution is 2.12. The lowest BCUT2D eigenvalue weighted by atomic mass is 9.97. The predicted molar refractivity (Wildman–Crippen MR) is 65.4 cm³/mol. The third-order valence-electron chi connectivity index (χ3n) is 2.59. The summed E-state index contributed by atoms with van der Waals surface area (Å²) < 4.78 is 6.78. The SMILES string of the molecule is CCOC(=O)C(C)(N)CCCn1cc(C)cn1. The quantitative estimate of drug-likeness (QED) is 0.758. The number of ether oxygens (including phenoxy) is 1. The fourth-order valence-electron chi connectivity index (χ4n) is 1.60. The molecule has 0 saturated carbocycles. The number of nitrogens with two attached hydrogens (primary N) is 1. The van der Waals surface area contributed by atoms with Crippen LogP contribution in [0.1, 0.15) is 32.3 Å². The molecule has 0 aromatic carbocycles. The molecule has 0 aliphatic heterocycles. The zero-order chi connectivity index (χ0) is 12.9. The topological polar surface area (TPSA) is 70.1 Å². The largest absolute Gasteiger partial charge is 0.465 e. The van der Waals surface area contributed by atoms with E-state index in [0.29, 0.717) is 13.0 Å². The van der Waals surface area contributed by atoms with E-state index in [9.17, 15) is 4.79 Å². The minimum absolute atomic E-state index is 0.336. The maximum atomic E-state index is 11.5. The van der Waals surface area contributed by atoms with Gasteiger partial charge >= 0.3 is 5.97 Å². The second-order valence-corrected chi connectivity index (χ2v) is 4.52. The third kappa shape index (κ3) is 4.19. The lowest BCUT2D eigenvalue weighted by Crippen LogP contribution is -2.46. The Bertz CT molecular complexity index is 372. The second-order valence-electron chi connectivity index (χ2n) is 4.52. The molecule has 1 unspecified atom stereocenters. The maximum Gasteiger partial charge on any atom is 0.325 e. The number of aromatic nitrogens is 2. The van der Waals surface area contributed by atoms with Crippen molar-refractivity contribution >= 4 is 5.97 Å². The molecule has 1 aromatic heterocycles. The van der Waals surface area contributed by atoms with Gasteiger partial charge in [-0.2, -0.15) is 5.10 Å². The molecule has 5 nitrogen and oxygen atoms in total. The molecule has 96 valence electrons. The molecule has 1 heterocycles. The van der Waals surface area contributed by atoms with Crippen molar-refractivity contribution in [2.24, 2.45) is 5.73 Å². The summed E-state index contributed by atoms with van der Waals surface area (Å²) in [5, 5.41) is 4.18. The highest BCUT2D eigenvalue weighted by atomic mass is 16.5. The summed E-state index contributed by atoms with van der Waals surface area (Å²) >= 11 is 0. The Morgan fingerprint density at radius 2 is 2.35 bits per heavy atom. The Morgan fingerprint density at radius 1 is 1.65 bits per heavy atom. The van der Waals surface area contributed by atoms with E-state index >= 15 is 0 Å². The fourth-order valence-corrected chi connectivity index (χ4v) is 1.60. The van der Waals surface area contributed by atoms with Crippen LogP contribution in [0.2, 0.25) is 0 Å². The van der Waals surface area contributed by atoms with Gasteiger partial charge in [0, 0.05) is 12.7 Å². The van der Waals surface area contributed by atoms with Gasteiger partial charge in [-0.15, -0.1) is 0 Å². The Kier molecular flexibility index (Phi) is 4.69. The van der Waals surface area contributed by atoms with Crippen molar-refractivity contribution in [2.45, 2.75) is 45.7 Å². The molecule has 17 heavy (non-hydrogen) atoms. The van der Waals surface area contributed by atoms with Gasteiger partial charge < -0.3 is 10.5 Å². The van der Waals surface area contributed by atoms with Gasteiger partial charge in [0.05, 0.1) is 12.8 Å². The summed E-state index contributed by atoms with van der Waals surface area (Å²) in [5.41, 5.74) is 6.14. The summed E-state index contributed by atoms with van der Waals surface area (Å²) in [6.07, 6.45) is 5.17. The Balaban J connectivity index is 2.37. The number of esters is 1. The second kappa shape index (κ2) is 5.82. The molecular weight excluding hydrogens is 218 g/mol. The number of hydrogen-bond acceptors (Lipinski definition) is 4. The van der Waals surface area contributed by atoms with Crippen molar-refractivity contribution in [1.29, 1.82) is 0 Å². The molecule has 0 aliphatic carbocycles. The number of hydrogen-bond donors (Lipinski definition) is 1. The van der Waals surface area contributed by atoms with Gasteiger partial charge in [0.2, 0.25) is 0 Å². The number of aryl methyl sites for hydroxylation is 2. The molecule has 5 heteroatoms. The van der Waals surface area contributed by atoms with Gasteiger partial charge in [-0.05, 0) is 39.2 Å². The van der Waals surface area contributed by atoms with Crippen LogP contribution in [0.25, 0.3) is 0 Å². The number of carbonyl (C=O) groups excluding carboxylic acids is 1.